The second kappa shape index (κ2) is 8.61. The largest absolute Gasteiger partial charge is 0.464 e. The van der Waals surface area contributed by atoms with E-state index in [0.717, 1.165) is 29.4 Å². The van der Waals surface area contributed by atoms with Gasteiger partial charge in [0.25, 0.3) is 0 Å². The van der Waals surface area contributed by atoms with Gasteiger partial charge in [0.1, 0.15) is 11.3 Å². The molecule has 1 aromatic carbocycles. The van der Waals surface area contributed by atoms with Crippen LogP contribution in [0.1, 0.15) is 65.8 Å². The molecule has 2 aromatic heterocycles. The van der Waals surface area contributed by atoms with E-state index in [4.69, 9.17) is 9.15 Å². The number of aryl methyl sites for hydroxylation is 1. The number of nitrogens with zero attached hydrogens (tertiary/aromatic N) is 2. The van der Waals surface area contributed by atoms with E-state index in [-0.39, 0.29) is 17.9 Å². The number of esters is 1. The van der Waals surface area contributed by atoms with Gasteiger partial charge in [-0.15, -0.1) is 0 Å². The van der Waals surface area contributed by atoms with E-state index in [1.807, 2.05) is 21.7 Å². The maximum Gasteiger partial charge on any atom is 0.354 e. The third-order valence-corrected chi connectivity index (χ3v) is 6.39. The maximum absolute atomic E-state index is 13.0. The molecule has 1 aliphatic heterocycles. The molecule has 0 radical (unpaired) electrons. The molecule has 3 aromatic rings. The van der Waals surface area contributed by atoms with Gasteiger partial charge in [-0.1, -0.05) is 13.8 Å². The average molecular weight is 423 g/mol. The zero-order chi connectivity index (χ0) is 22.1. The molecule has 0 unspecified atom stereocenters. The number of fused-ring (bicyclic) bond motifs is 1. The van der Waals surface area contributed by atoms with Crippen LogP contribution in [-0.4, -0.2) is 41.5 Å². The number of piperidine rings is 1. The normalized spacial score (nSPS) is 15.1. The zero-order valence-corrected chi connectivity index (χ0v) is 18.7. The number of methoxy groups -OCH3 is 1. The second-order valence-corrected chi connectivity index (χ2v) is 8.70. The molecule has 0 aliphatic carbocycles. The van der Waals surface area contributed by atoms with Crippen LogP contribution in [0.3, 0.4) is 0 Å². The van der Waals surface area contributed by atoms with Gasteiger partial charge in [0.15, 0.2) is 0 Å². The van der Waals surface area contributed by atoms with Gasteiger partial charge in [-0.25, -0.2) is 4.79 Å². The quantitative estimate of drug-likeness (QED) is 0.551. The molecule has 1 fully saturated rings. The highest BCUT2D eigenvalue weighted by Crippen LogP contribution is 2.30. The van der Waals surface area contributed by atoms with Crippen LogP contribution in [-0.2, 0) is 16.0 Å². The smallest absolute Gasteiger partial charge is 0.354 e. The van der Waals surface area contributed by atoms with Gasteiger partial charge in [0.05, 0.1) is 19.8 Å². The van der Waals surface area contributed by atoms with Crippen molar-refractivity contribution >= 4 is 22.8 Å². The molecule has 1 amide bonds. The summed E-state index contributed by atoms with van der Waals surface area (Å²) >= 11 is 0. The summed E-state index contributed by atoms with van der Waals surface area (Å²) in [5.41, 5.74) is 4.85. The zero-order valence-electron chi connectivity index (χ0n) is 18.7. The number of benzene rings is 1. The number of carbonyl (C=O) groups is 2. The number of likely N-dealkylation sites (tertiary alicyclic amines) is 1. The van der Waals surface area contributed by atoms with Crippen LogP contribution in [0.25, 0.3) is 11.0 Å². The summed E-state index contributed by atoms with van der Waals surface area (Å²) in [7, 11) is 1.39. The lowest BCUT2D eigenvalue weighted by atomic mass is 9.95. The number of ether oxygens (including phenoxy) is 1. The molecule has 31 heavy (non-hydrogen) atoms. The Morgan fingerprint density at radius 1 is 1.23 bits per heavy atom. The fourth-order valence-corrected chi connectivity index (χ4v) is 4.66. The van der Waals surface area contributed by atoms with Gasteiger partial charge >= 0.3 is 5.97 Å². The molecule has 1 aliphatic rings. The Morgan fingerprint density at radius 2 is 1.97 bits per heavy atom. The monoisotopic (exact) mass is 422 g/mol. The molecule has 164 valence electrons. The Bertz CT molecular complexity index is 1100. The van der Waals surface area contributed by atoms with Gasteiger partial charge < -0.3 is 18.6 Å². The van der Waals surface area contributed by atoms with Crippen molar-refractivity contribution in [3.8, 4) is 0 Å². The summed E-state index contributed by atoms with van der Waals surface area (Å²) in [4.78, 5) is 26.9. The molecular weight excluding hydrogens is 392 g/mol. The molecule has 0 N–H and O–H groups in total. The van der Waals surface area contributed by atoms with E-state index in [1.165, 1.54) is 18.2 Å². The molecule has 1 saturated heterocycles. The van der Waals surface area contributed by atoms with Gasteiger partial charge in [-0.3, -0.25) is 4.79 Å². The lowest BCUT2D eigenvalue weighted by molar-refractivity contribution is -0.131. The Morgan fingerprint density at radius 3 is 2.65 bits per heavy atom. The molecule has 4 rings (SSSR count). The summed E-state index contributed by atoms with van der Waals surface area (Å²) < 4.78 is 12.6. The number of hydrogen-bond acceptors (Lipinski definition) is 4. The molecule has 3 heterocycles. The molecule has 0 spiro atoms. The van der Waals surface area contributed by atoms with Crippen molar-refractivity contribution in [2.45, 2.75) is 52.0 Å². The van der Waals surface area contributed by atoms with Gasteiger partial charge in [0, 0.05) is 36.3 Å². The fraction of sp³-hybridized carbons (Fsp3) is 0.440. The Balaban J connectivity index is 1.44. The molecule has 0 saturated carbocycles. The van der Waals surface area contributed by atoms with E-state index in [9.17, 15) is 9.59 Å². The van der Waals surface area contributed by atoms with Crippen LogP contribution < -0.4 is 0 Å². The van der Waals surface area contributed by atoms with E-state index in [1.54, 1.807) is 12.3 Å². The predicted molar refractivity (Wildman–Crippen MR) is 119 cm³/mol. The van der Waals surface area contributed by atoms with Crippen LogP contribution in [0.5, 0.6) is 0 Å². The van der Waals surface area contributed by atoms with Crippen molar-refractivity contribution in [2.75, 3.05) is 20.2 Å². The molecule has 6 nitrogen and oxygen atoms in total. The molecule has 0 atom stereocenters. The standard InChI is InChI=1S/C25H30N2O4/c1-16(2)20-14-21-18(15-31-23(21)12-17(20)3)13-24(28)26-10-7-19(8-11-26)27-9-5-6-22(27)25(29)30-4/h5-6,9,12,14-16,19H,7-8,10-11,13H2,1-4H3. The van der Waals surface area contributed by atoms with Crippen molar-refractivity contribution in [1.82, 2.24) is 9.47 Å². The minimum absolute atomic E-state index is 0.119. The fourth-order valence-electron chi connectivity index (χ4n) is 4.66. The summed E-state index contributed by atoms with van der Waals surface area (Å²) in [5.74, 6) is 0.213. The maximum atomic E-state index is 13.0. The van der Waals surface area contributed by atoms with E-state index >= 15 is 0 Å². The van der Waals surface area contributed by atoms with Gasteiger partial charge in [-0.2, -0.15) is 0 Å². The highest BCUT2D eigenvalue weighted by Gasteiger charge is 2.26. The number of rotatable bonds is 5. The number of aromatic nitrogens is 1. The summed E-state index contributed by atoms with van der Waals surface area (Å²) in [6.45, 7) is 7.81. The minimum Gasteiger partial charge on any atom is -0.464 e. The third kappa shape index (κ3) is 4.11. The second-order valence-electron chi connectivity index (χ2n) is 8.70. The van der Waals surface area contributed by atoms with E-state index in [2.05, 4.69) is 32.9 Å². The molecule has 0 bridgehead atoms. The first-order valence-corrected chi connectivity index (χ1v) is 10.9. The van der Waals surface area contributed by atoms with Crippen molar-refractivity contribution in [3.63, 3.8) is 0 Å². The van der Waals surface area contributed by atoms with Crippen molar-refractivity contribution in [2.24, 2.45) is 0 Å². The predicted octanol–water partition coefficient (Wildman–Crippen LogP) is 4.86. The Hall–Kier alpha value is -3.02. The summed E-state index contributed by atoms with van der Waals surface area (Å²) in [6, 6.07) is 8.08. The Kier molecular flexibility index (Phi) is 5.90. The molecule has 6 heteroatoms. The highest BCUT2D eigenvalue weighted by molar-refractivity contribution is 5.89. The van der Waals surface area contributed by atoms with Crippen LogP contribution in [0.4, 0.5) is 0 Å². The first-order valence-electron chi connectivity index (χ1n) is 10.9. The lowest BCUT2D eigenvalue weighted by Gasteiger charge is -2.33. The van der Waals surface area contributed by atoms with Crippen molar-refractivity contribution in [3.05, 3.63) is 59.1 Å². The van der Waals surface area contributed by atoms with Crippen LogP contribution in [0, 0.1) is 6.92 Å². The number of furan rings is 1. The Labute approximate surface area is 182 Å². The third-order valence-electron chi connectivity index (χ3n) is 6.39. The van der Waals surface area contributed by atoms with Crippen LogP contribution in [0.2, 0.25) is 0 Å². The average Bonchev–Trinajstić information content (AvgIpc) is 3.40. The molecular formula is C25H30N2O4. The SMILES string of the molecule is COC(=O)c1cccn1C1CCN(C(=O)Cc2coc3cc(C)c(C(C)C)cc23)CC1. The number of carbonyl (C=O) groups excluding carboxylic acids is 2. The number of amides is 1. The highest BCUT2D eigenvalue weighted by atomic mass is 16.5. The van der Waals surface area contributed by atoms with Crippen LogP contribution >= 0.6 is 0 Å². The van der Waals surface area contributed by atoms with E-state index < -0.39 is 0 Å². The van der Waals surface area contributed by atoms with Crippen molar-refractivity contribution in [1.29, 1.82) is 0 Å². The summed E-state index contributed by atoms with van der Waals surface area (Å²) in [6.07, 6.45) is 5.61. The van der Waals surface area contributed by atoms with Gasteiger partial charge in [0.2, 0.25) is 5.91 Å². The van der Waals surface area contributed by atoms with Crippen molar-refractivity contribution < 1.29 is 18.7 Å². The van der Waals surface area contributed by atoms with E-state index in [0.29, 0.717) is 31.1 Å². The van der Waals surface area contributed by atoms with Gasteiger partial charge in [-0.05, 0) is 61.1 Å². The number of hydrogen-bond donors (Lipinski definition) is 0. The first kappa shape index (κ1) is 21.2. The lowest BCUT2D eigenvalue weighted by Crippen LogP contribution is -2.40. The minimum atomic E-state index is -0.327. The summed E-state index contributed by atoms with van der Waals surface area (Å²) in [5, 5.41) is 1.03. The first-order chi connectivity index (χ1) is 14.9. The van der Waals surface area contributed by atoms with Crippen LogP contribution in [0.15, 0.2) is 41.1 Å². The topological polar surface area (TPSA) is 64.7 Å².